The molecular formula is C15H19N5O6. The van der Waals surface area contributed by atoms with Gasteiger partial charge in [0.2, 0.25) is 5.89 Å². The molecule has 0 saturated carbocycles. The summed E-state index contributed by atoms with van der Waals surface area (Å²) < 4.78 is 4.98. The number of carboxylic acid groups (broad SMARTS) is 1. The van der Waals surface area contributed by atoms with Gasteiger partial charge in [-0.15, -0.1) is 0 Å². The van der Waals surface area contributed by atoms with Crippen molar-refractivity contribution in [2.75, 3.05) is 6.61 Å². The van der Waals surface area contributed by atoms with E-state index >= 15 is 0 Å². The highest BCUT2D eigenvalue weighted by atomic mass is 16.5. The van der Waals surface area contributed by atoms with Crippen LogP contribution in [-0.4, -0.2) is 50.1 Å². The molecule has 1 aromatic carbocycles. The van der Waals surface area contributed by atoms with E-state index in [0.717, 1.165) is 5.56 Å². The normalized spacial score (nSPS) is 13.0. The van der Waals surface area contributed by atoms with Crippen LogP contribution in [-0.2, 0) is 17.8 Å². The van der Waals surface area contributed by atoms with Crippen LogP contribution in [0.25, 0.3) is 0 Å². The van der Waals surface area contributed by atoms with E-state index in [4.69, 9.17) is 20.5 Å². The van der Waals surface area contributed by atoms with Gasteiger partial charge >= 0.3 is 12.0 Å². The molecule has 2 aromatic rings. The lowest BCUT2D eigenvalue weighted by molar-refractivity contribution is -0.140. The fourth-order valence-electron chi connectivity index (χ4n) is 2.02. The molecule has 0 aliphatic heterocycles. The Hall–Kier alpha value is -3.18. The molecular weight excluding hydrogens is 346 g/mol. The number of nitrogens with one attached hydrogen (secondary N) is 2. The lowest BCUT2D eigenvalue weighted by Gasteiger charge is -2.11. The summed E-state index contributed by atoms with van der Waals surface area (Å²) in [4.78, 5) is 26.4. The van der Waals surface area contributed by atoms with E-state index in [2.05, 4.69) is 20.8 Å². The maximum absolute atomic E-state index is 11.6. The van der Waals surface area contributed by atoms with Gasteiger partial charge in [-0.05, 0) is 24.1 Å². The molecule has 1 aromatic heterocycles. The molecule has 2 atom stereocenters. The summed E-state index contributed by atoms with van der Waals surface area (Å²) >= 11 is 0. The molecule has 7 N–H and O–H groups in total. The Bertz CT molecular complexity index is 747. The number of aliphatic carboxylic acids is 1. The molecule has 0 bridgehead atoms. The smallest absolute Gasteiger partial charge is 0.328 e. The maximum atomic E-state index is 11.6. The van der Waals surface area contributed by atoms with E-state index in [1.807, 2.05) is 0 Å². The zero-order chi connectivity index (χ0) is 19.1. The lowest BCUT2D eigenvalue weighted by atomic mass is 10.1. The largest absolute Gasteiger partial charge is 0.508 e. The van der Waals surface area contributed by atoms with Crippen molar-refractivity contribution in [3.63, 3.8) is 0 Å². The molecule has 0 saturated heterocycles. The molecule has 1 heterocycles. The van der Waals surface area contributed by atoms with Crippen LogP contribution in [0.2, 0.25) is 0 Å². The van der Waals surface area contributed by atoms with Crippen molar-refractivity contribution in [3.8, 4) is 5.75 Å². The number of urea groups is 1. The van der Waals surface area contributed by atoms with Gasteiger partial charge in [0.25, 0.3) is 0 Å². The predicted octanol–water partition coefficient (Wildman–Crippen LogP) is -0.738. The van der Waals surface area contributed by atoms with Crippen molar-refractivity contribution in [1.29, 1.82) is 0 Å². The molecule has 0 aliphatic carbocycles. The van der Waals surface area contributed by atoms with E-state index in [1.165, 1.54) is 0 Å². The molecule has 0 aliphatic rings. The minimum absolute atomic E-state index is 0.0900. The fraction of sp³-hybridized carbons (Fsp3) is 0.333. The van der Waals surface area contributed by atoms with Crippen LogP contribution in [0.5, 0.6) is 5.75 Å². The van der Waals surface area contributed by atoms with E-state index in [9.17, 15) is 14.7 Å². The Balaban J connectivity index is 1.85. The number of hydrogen-bond donors (Lipinski definition) is 6. The summed E-state index contributed by atoms with van der Waals surface area (Å²) in [6, 6.07) is 3.78. The minimum atomic E-state index is -1.41. The molecule has 0 fully saturated rings. The molecule has 0 spiro atoms. The standard InChI is InChI=1S/C15H19N5O6/c16-10(5-8-1-3-9(22)4-2-8)13-19-12(26-20-13)6-17-15(25)18-11(7-21)14(23)24/h1-4,10-11,21-22H,5-7,16H2,(H,23,24)(H2,17,18,25)/t10-,11-/m0/s1. The Labute approximate surface area is 147 Å². The first-order valence-electron chi connectivity index (χ1n) is 7.63. The Morgan fingerprint density at radius 2 is 1.96 bits per heavy atom. The number of aliphatic hydroxyl groups is 1. The zero-order valence-electron chi connectivity index (χ0n) is 13.6. The van der Waals surface area contributed by atoms with Crippen LogP contribution < -0.4 is 16.4 Å². The number of phenols is 1. The predicted molar refractivity (Wildman–Crippen MR) is 86.9 cm³/mol. The summed E-state index contributed by atoms with van der Waals surface area (Å²) in [6.07, 6.45) is 0.421. The van der Waals surface area contributed by atoms with Crippen molar-refractivity contribution in [2.45, 2.75) is 25.0 Å². The minimum Gasteiger partial charge on any atom is -0.508 e. The van der Waals surface area contributed by atoms with Crippen LogP contribution in [0.3, 0.4) is 0 Å². The average Bonchev–Trinajstić information content (AvgIpc) is 3.08. The van der Waals surface area contributed by atoms with E-state index in [-0.39, 0.29) is 24.0 Å². The quantitative estimate of drug-likeness (QED) is 0.351. The Morgan fingerprint density at radius 1 is 1.27 bits per heavy atom. The molecule has 11 heteroatoms. The van der Waals surface area contributed by atoms with E-state index < -0.39 is 30.7 Å². The number of aromatic nitrogens is 2. The third-order valence-corrected chi connectivity index (χ3v) is 3.39. The number of rotatable bonds is 8. The van der Waals surface area contributed by atoms with Crippen LogP contribution in [0.15, 0.2) is 28.8 Å². The number of benzene rings is 1. The monoisotopic (exact) mass is 365 g/mol. The van der Waals surface area contributed by atoms with Gasteiger partial charge in [0.15, 0.2) is 11.9 Å². The van der Waals surface area contributed by atoms with Crippen LogP contribution in [0, 0.1) is 0 Å². The van der Waals surface area contributed by atoms with Crippen LogP contribution in [0.1, 0.15) is 23.3 Å². The maximum Gasteiger partial charge on any atom is 0.328 e. The molecule has 2 amide bonds. The topological polar surface area (TPSA) is 184 Å². The second-order valence-electron chi connectivity index (χ2n) is 5.42. The van der Waals surface area contributed by atoms with Crippen molar-refractivity contribution in [2.24, 2.45) is 5.73 Å². The van der Waals surface area contributed by atoms with Crippen molar-refractivity contribution in [3.05, 3.63) is 41.5 Å². The zero-order valence-corrected chi connectivity index (χ0v) is 13.6. The third kappa shape index (κ3) is 5.43. The number of aromatic hydroxyl groups is 1. The summed E-state index contributed by atoms with van der Waals surface area (Å²) in [7, 11) is 0. The number of amides is 2. The number of aliphatic hydroxyl groups excluding tert-OH is 1. The molecule has 0 radical (unpaired) electrons. The van der Waals surface area contributed by atoms with E-state index in [0.29, 0.717) is 6.42 Å². The summed E-state index contributed by atoms with van der Waals surface area (Å²) in [6.45, 7) is -0.873. The summed E-state index contributed by atoms with van der Waals surface area (Å²) in [5.41, 5.74) is 6.89. The fourth-order valence-corrected chi connectivity index (χ4v) is 2.02. The number of nitrogens with zero attached hydrogens (tertiary/aromatic N) is 2. The lowest BCUT2D eigenvalue weighted by Crippen LogP contribution is -2.47. The number of hydrogen-bond acceptors (Lipinski definition) is 8. The Kier molecular flexibility index (Phi) is 6.47. The van der Waals surface area contributed by atoms with Gasteiger partial charge in [0, 0.05) is 0 Å². The average molecular weight is 365 g/mol. The van der Waals surface area contributed by atoms with Crippen LogP contribution >= 0.6 is 0 Å². The first-order chi connectivity index (χ1) is 12.4. The highest BCUT2D eigenvalue weighted by Gasteiger charge is 2.19. The highest BCUT2D eigenvalue weighted by Crippen LogP contribution is 2.16. The molecule has 2 rings (SSSR count). The Morgan fingerprint density at radius 3 is 2.58 bits per heavy atom. The first kappa shape index (κ1) is 19.1. The highest BCUT2D eigenvalue weighted by molar-refractivity contribution is 5.82. The van der Waals surface area contributed by atoms with Crippen LogP contribution in [0.4, 0.5) is 4.79 Å². The molecule has 11 nitrogen and oxygen atoms in total. The third-order valence-electron chi connectivity index (χ3n) is 3.39. The number of phenolic OH excluding ortho intramolecular Hbond substituents is 1. The van der Waals surface area contributed by atoms with Crippen molar-refractivity contribution in [1.82, 2.24) is 20.8 Å². The van der Waals surface area contributed by atoms with Gasteiger partial charge in [-0.3, -0.25) is 0 Å². The molecule has 0 unspecified atom stereocenters. The van der Waals surface area contributed by atoms with Crippen molar-refractivity contribution >= 4 is 12.0 Å². The molecule has 26 heavy (non-hydrogen) atoms. The summed E-state index contributed by atoms with van der Waals surface area (Å²) in [5, 5.41) is 35.0. The van der Waals surface area contributed by atoms with Gasteiger partial charge in [0.05, 0.1) is 19.2 Å². The second kappa shape index (κ2) is 8.78. The van der Waals surface area contributed by atoms with Gasteiger partial charge in [-0.25, -0.2) is 9.59 Å². The summed E-state index contributed by atoms with van der Waals surface area (Å²) in [5.74, 6) is -0.871. The number of nitrogens with two attached hydrogens (primary N) is 1. The number of carbonyl (C=O) groups excluding carboxylic acids is 1. The number of carbonyl (C=O) groups is 2. The number of carboxylic acids is 1. The molecule has 140 valence electrons. The second-order valence-corrected chi connectivity index (χ2v) is 5.42. The van der Waals surface area contributed by atoms with Gasteiger partial charge in [-0.2, -0.15) is 4.98 Å². The first-order valence-corrected chi connectivity index (χ1v) is 7.63. The van der Waals surface area contributed by atoms with Gasteiger partial charge in [0.1, 0.15) is 5.75 Å². The van der Waals surface area contributed by atoms with Crippen molar-refractivity contribution < 1.29 is 29.4 Å². The van der Waals surface area contributed by atoms with E-state index in [1.54, 1.807) is 24.3 Å². The van der Waals surface area contributed by atoms with Gasteiger partial charge in [-0.1, -0.05) is 17.3 Å². The SMILES string of the molecule is N[C@@H](Cc1ccc(O)cc1)c1noc(CNC(=O)N[C@@H](CO)C(=O)O)n1. The van der Waals surface area contributed by atoms with Gasteiger partial charge < -0.3 is 36.2 Å².